The van der Waals surface area contributed by atoms with Crippen molar-refractivity contribution in [3.63, 3.8) is 0 Å². The normalized spacial score (nSPS) is 25.4. The molecule has 0 bridgehead atoms. The van der Waals surface area contributed by atoms with Gasteiger partial charge in [0.05, 0.1) is 18.8 Å². The van der Waals surface area contributed by atoms with Crippen molar-refractivity contribution in [3.8, 4) is 11.5 Å². The molecule has 4 heteroatoms. The molecule has 2 aliphatic rings. The lowest BCUT2D eigenvalue weighted by Gasteiger charge is -2.46. The number of aliphatic hydroxyl groups is 1. The molecule has 1 N–H and O–H groups in total. The van der Waals surface area contributed by atoms with Crippen molar-refractivity contribution in [2.75, 3.05) is 19.7 Å². The summed E-state index contributed by atoms with van der Waals surface area (Å²) < 4.78 is 12.1. The number of aliphatic hydroxyl groups excluding tert-OH is 1. The molecule has 0 spiro atoms. The van der Waals surface area contributed by atoms with Crippen LogP contribution in [0, 0.1) is 11.8 Å². The number of nitrogens with zero attached hydrogens (tertiary/aromatic N) is 1. The van der Waals surface area contributed by atoms with Gasteiger partial charge in [-0.15, -0.1) is 0 Å². The molecule has 3 atom stereocenters. The fraction of sp³-hybridized carbons (Fsp3) is 0.739. The molecule has 1 aromatic rings. The van der Waals surface area contributed by atoms with Gasteiger partial charge in [-0.3, -0.25) is 4.90 Å². The average Bonchev–Trinajstić information content (AvgIpc) is 2.60. The van der Waals surface area contributed by atoms with E-state index in [0.29, 0.717) is 24.5 Å². The van der Waals surface area contributed by atoms with Crippen molar-refractivity contribution in [1.29, 1.82) is 0 Å². The number of rotatable bonds is 7. The van der Waals surface area contributed by atoms with Gasteiger partial charge in [-0.1, -0.05) is 20.8 Å². The van der Waals surface area contributed by atoms with Gasteiger partial charge in [0.2, 0.25) is 0 Å². The van der Waals surface area contributed by atoms with Crippen molar-refractivity contribution < 1.29 is 14.6 Å². The van der Waals surface area contributed by atoms with E-state index in [0.717, 1.165) is 50.3 Å². The maximum atomic E-state index is 10.8. The van der Waals surface area contributed by atoms with E-state index in [9.17, 15) is 5.11 Å². The molecule has 0 amide bonds. The van der Waals surface area contributed by atoms with Gasteiger partial charge >= 0.3 is 0 Å². The van der Waals surface area contributed by atoms with Crippen LogP contribution in [0.25, 0.3) is 0 Å². The van der Waals surface area contributed by atoms with E-state index in [-0.39, 0.29) is 12.2 Å². The smallest absolute Gasteiger partial charge is 0.161 e. The predicted octanol–water partition coefficient (Wildman–Crippen LogP) is 4.59. The molecule has 2 heterocycles. The third kappa shape index (κ3) is 4.78. The molecule has 0 radical (unpaired) electrons. The van der Waals surface area contributed by atoms with E-state index >= 15 is 0 Å². The predicted molar refractivity (Wildman–Crippen MR) is 110 cm³/mol. The lowest BCUT2D eigenvalue weighted by molar-refractivity contribution is -0.0192. The molecule has 0 aliphatic carbocycles. The summed E-state index contributed by atoms with van der Waals surface area (Å²) in [5.41, 5.74) is 2.68. The van der Waals surface area contributed by atoms with Crippen LogP contribution in [0.2, 0.25) is 0 Å². The molecular weight excluding hydrogens is 338 g/mol. The number of piperidine rings is 1. The Labute approximate surface area is 164 Å². The Hall–Kier alpha value is -1.26. The number of benzene rings is 1. The number of fused-ring (bicyclic) bond motifs is 3. The third-order valence-electron chi connectivity index (χ3n) is 5.75. The Morgan fingerprint density at radius 3 is 2.63 bits per heavy atom. The molecule has 27 heavy (non-hydrogen) atoms. The van der Waals surface area contributed by atoms with Gasteiger partial charge in [0.15, 0.2) is 11.5 Å². The van der Waals surface area contributed by atoms with Gasteiger partial charge in [0.25, 0.3) is 0 Å². The molecule has 1 aromatic carbocycles. The van der Waals surface area contributed by atoms with Gasteiger partial charge in [-0.05, 0) is 74.6 Å². The summed E-state index contributed by atoms with van der Waals surface area (Å²) in [6.45, 7) is 13.5. The quantitative estimate of drug-likeness (QED) is 0.757. The first-order valence-electron chi connectivity index (χ1n) is 10.8. The monoisotopic (exact) mass is 375 g/mol. The van der Waals surface area contributed by atoms with E-state index in [1.807, 2.05) is 0 Å². The fourth-order valence-corrected chi connectivity index (χ4v) is 4.61. The van der Waals surface area contributed by atoms with Gasteiger partial charge in [0, 0.05) is 19.1 Å². The van der Waals surface area contributed by atoms with Crippen LogP contribution in [0.3, 0.4) is 0 Å². The maximum Gasteiger partial charge on any atom is 0.161 e. The lowest BCUT2D eigenvalue weighted by Crippen LogP contribution is -2.48. The molecule has 1 saturated heterocycles. The Bertz CT molecular complexity index is 628. The lowest BCUT2D eigenvalue weighted by atomic mass is 9.79. The second kappa shape index (κ2) is 8.83. The summed E-state index contributed by atoms with van der Waals surface area (Å²) in [4.78, 5) is 2.58. The maximum absolute atomic E-state index is 10.8. The minimum atomic E-state index is -0.216. The summed E-state index contributed by atoms with van der Waals surface area (Å²) in [5, 5.41) is 10.8. The highest BCUT2D eigenvalue weighted by Gasteiger charge is 2.38. The molecular formula is C23H37NO3. The van der Waals surface area contributed by atoms with Gasteiger partial charge in [-0.25, -0.2) is 0 Å². The zero-order chi connectivity index (χ0) is 19.6. The SMILES string of the molecule is CCCOc1cc2c(cc1OC(C)C)CCN1CC(CC(C)C)C(O)CC21. The van der Waals surface area contributed by atoms with Crippen molar-refractivity contribution >= 4 is 0 Å². The van der Waals surface area contributed by atoms with E-state index in [4.69, 9.17) is 9.47 Å². The topological polar surface area (TPSA) is 41.9 Å². The molecule has 0 aromatic heterocycles. The molecule has 4 nitrogen and oxygen atoms in total. The largest absolute Gasteiger partial charge is 0.490 e. The zero-order valence-electron chi connectivity index (χ0n) is 17.7. The van der Waals surface area contributed by atoms with Crippen molar-refractivity contribution in [3.05, 3.63) is 23.3 Å². The van der Waals surface area contributed by atoms with Gasteiger partial charge in [0.1, 0.15) is 0 Å². The third-order valence-corrected chi connectivity index (χ3v) is 5.75. The van der Waals surface area contributed by atoms with Crippen LogP contribution in [0.4, 0.5) is 0 Å². The first-order chi connectivity index (χ1) is 12.9. The Balaban J connectivity index is 1.87. The molecule has 2 aliphatic heterocycles. The van der Waals surface area contributed by atoms with Gasteiger partial charge in [-0.2, -0.15) is 0 Å². The fourth-order valence-electron chi connectivity index (χ4n) is 4.61. The molecule has 152 valence electrons. The van der Waals surface area contributed by atoms with E-state index in [1.165, 1.54) is 11.1 Å². The summed E-state index contributed by atoms with van der Waals surface area (Å²) >= 11 is 0. The summed E-state index contributed by atoms with van der Waals surface area (Å²) in [6.07, 6.45) is 3.85. The summed E-state index contributed by atoms with van der Waals surface area (Å²) in [7, 11) is 0. The minimum absolute atomic E-state index is 0.125. The first-order valence-corrected chi connectivity index (χ1v) is 10.8. The van der Waals surface area contributed by atoms with Gasteiger partial charge < -0.3 is 14.6 Å². The zero-order valence-corrected chi connectivity index (χ0v) is 17.7. The van der Waals surface area contributed by atoms with Crippen LogP contribution in [0.5, 0.6) is 11.5 Å². The van der Waals surface area contributed by atoms with Crippen molar-refractivity contribution in [2.24, 2.45) is 11.8 Å². The van der Waals surface area contributed by atoms with Crippen LogP contribution < -0.4 is 9.47 Å². The average molecular weight is 376 g/mol. The second-order valence-electron chi connectivity index (χ2n) is 8.97. The number of hydrogen-bond donors (Lipinski definition) is 1. The highest BCUT2D eigenvalue weighted by Crippen LogP contribution is 2.44. The second-order valence-corrected chi connectivity index (χ2v) is 8.97. The summed E-state index contributed by atoms with van der Waals surface area (Å²) in [5.74, 6) is 2.73. The Kier molecular flexibility index (Phi) is 6.69. The van der Waals surface area contributed by atoms with Crippen LogP contribution in [0.1, 0.15) is 71.0 Å². The van der Waals surface area contributed by atoms with Crippen LogP contribution >= 0.6 is 0 Å². The molecule has 1 fully saturated rings. The molecule has 3 unspecified atom stereocenters. The first kappa shape index (κ1) is 20.5. The van der Waals surface area contributed by atoms with Crippen LogP contribution in [-0.2, 0) is 6.42 Å². The Morgan fingerprint density at radius 2 is 1.96 bits per heavy atom. The molecule has 0 saturated carbocycles. The standard InChI is InChI=1S/C23H37NO3/c1-6-9-26-22-12-19-17(11-23(22)27-16(4)5)7-8-24-14-18(10-15(2)3)21(25)13-20(19)24/h11-12,15-16,18,20-21,25H,6-10,13-14H2,1-5H3. The summed E-state index contributed by atoms with van der Waals surface area (Å²) in [6, 6.07) is 4.67. The highest BCUT2D eigenvalue weighted by atomic mass is 16.5. The number of ether oxygens (including phenoxy) is 2. The molecule has 3 rings (SSSR count). The van der Waals surface area contributed by atoms with Crippen LogP contribution in [-0.4, -0.2) is 41.9 Å². The van der Waals surface area contributed by atoms with E-state index in [1.54, 1.807) is 0 Å². The van der Waals surface area contributed by atoms with E-state index < -0.39 is 0 Å². The van der Waals surface area contributed by atoms with Crippen molar-refractivity contribution in [1.82, 2.24) is 4.90 Å². The van der Waals surface area contributed by atoms with E-state index in [2.05, 4.69) is 51.7 Å². The highest BCUT2D eigenvalue weighted by molar-refractivity contribution is 5.50. The van der Waals surface area contributed by atoms with Crippen LogP contribution in [0.15, 0.2) is 12.1 Å². The van der Waals surface area contributed by atoms with Crippen molar-refractivity contribution in [2.45, 2.75) is 78.6 Å². The minimum Gasteiger partial charge on any atom is -0.490 e. The Morgan fingerprint density at radius 1 is 1.19 bits per heavy atom. The number of hydrogen-bond acceptors (Lipinski definition) is 4.